The van der Waals surface area contributed by atoms with Crippen molar-refractivity contribution in [2.24, 2.45) is 5.41 Å². The van der Waals surface area contributed by atoms with E-state index in [-0.39, 0.29) is 5.41 Å². The summed E-state index contributed by atoms with van der Waals surface area (Å²) in [5, 5.41) is 2.70. The van der Waals surface area contributed by atoms with Crippen molar-refractivity contribution in [3.63, 3.8) is 0 Å². The first-order valence-corrected chi connectivity index (χ1v) is 3.11. The Morgan fingerprint density at radius 3 is 1.75 bits per heavy atom. The van der Waals surface area contributed by atoms with Gasteiger partial charge in [0.25, 0.3) is 0 Å². The smallest absolute Gasteiger partial charge is 0.00914 e. The molecule has 8 heavy (non-hydrogen) atoms. The van der Waals surface area contributed by atoms with Crippen molar-refractivity contribution in [1.82, 2.24) is 0 Å². The van der Waals surface area contributed by atoms with Gasteiger partial charge in [0, 0.05) is 0 Å². The first-order valence-electron chi connectivity index (χ1n) is 2.70. The zero-order valence-corrected chi connectivity index (χ0v) is 6.72. The summed E-state index contributed by atoms with van der Waals surface area (Å²) in [6, 6.07) is 0. The van der Waals surface area contributed by atoms with Gasteiger partial charge in [-0.15, -0.1) is 0 Å². The standard InChI is InChI=1S/C7H12S/c1-6(5-8)7(2,3)4/h1-4H3. The Bertz CT molecular complexity index is 122. The van der Waals surface area contributed by atoms with Gasteiger partial charge in [-0.25, -0.2) is 0 Å². The van der Waals surface area contributed by atoms with Crippen LogP contribution in [0.4, 0.5) is 0 Å². The van der Waals surface area contributed by atoms with Gasteiger partial charge in [0.15, 0.2) is 0 Å². The molecular weight excluding hydrogens is 116 g/mol. The van der Waals surface area contributed by atoms with Crippen LogP contribution in [0.3, 0.4) is 0 Å². The van der Waals surface area contributed by atoms with Gasteiger partial charge >= 0.3 is 0 Å². The third-order valence-corrected chi connectivity index (χ3v) is 1.58. The first kappa shape index (κ1) is 7.87. The highest BCUT2D eigenvalue weighted by Gasteiger charge is 2.10. The molecule has 0 rings (SSSR count). The summed E-state index contributed by atoms with van der Waals surface area (Å²) in [6.45, 7) is 8.39. The molecule has 0 aromatic heterocycles. The molecule has 0 heterocycles. The molecule has 0 N–H and O–H groups in total. The molecule has 0 spiro atoms. The molecule has 0 bridgehead atoms. The fourth-order valence-corrected chi connectivity index (χ4v) is 0.459. The summed E-state index contributed by atoms with van der Waals surface area (Å²) in [7, 11) is 0. The highest BCUT2D eigenvalue weighted by atomic mass is 32.1. The summed E-state index contributed by atoms with van der Waals surface area (Å²) in [4.78, 5) is 0. The summed E-state index contributed by atoms with van der Waals surface area (Å²) in [5.74, 6) is 0. The molecule has 46 valence electrons. The molecule has 0 atom stereocenters. The largest absolute Gasteiger partial charge is 0.0558 e. The van der Waals surface area contributed by atoms with Gasteiger partial charge in [0.2, 0.25) is 0 Å². The highest BCUT2D eigenvalue weighted by molar-refractivity contribution is 7.78. The van der Waals surface area contributed by atoms with E-state index in [0.29, 0.717) is 0 Å². The topological polar surface area (TPSA) is 0 Å². The molecule has 0 aromatic rings. The maximum Gasteiger partial charge on any atom is -0.00914 e. The number of hydrogen-bond donors (Lipinski definition) is 0. The predicted molar refractivity (Wildman–Crippen MR) is 41.2 cm³/mol. The van der Waals surface area contributed by atoms with Crippen LogP contribution in [0.25, 0.3) is 0 Å². The second-order valence-corrected chi connectivity index (χ2v) is 3.18. The number of thiocarbonyl (C=S) groups is 1. The molecule has 0 aliphatic rings. The van der Waals surface area contributed by atoms with Gasteiger partial charge in [-0.2, -0.15) is 0 Å². The predicted octanol–water partition coefficient (Wildman–Crippen LogP) is 2.58. The molecule has 0 saturated heterocycles. The third kappa shape index (κ3) is 2.25. The van der Waals surface area contributed by atoms with Crippen LogP contribution in [0.15, 0.2) is 5.57 Å². The summed E-state index contributed by atoms with van der Waals surface area (Å²) in [5.41, 5.74) is 1.36. The molecule has 1 heteroatoms. The lowest BCUT2D eigenvalue weighted by Gasteiger charge is -2.15. The van der Waals surface area contributed by atoms with E-state index in [9.17, 15) is 0 Å². The van der Waals surface area contributed by atoms with Crippen LogP contribution < -0.4 is 0 Å². The normalized spacial score (nSPS) is 10.5. The minimum Gasteiger partial charge on any atom is -0.0558 e. The molecule has 0 aliphatic carbocycles. The van der Waals surface area contributed by atoms with E-state index >= 15 is 0 Å². The third-order valence-electron chi connectivity index (χ3n) is 1.28. The van der Waals surface area contributed by atoms with E-state index in [4.69, 9.17) is 0 Å². The lowest BCUT2D eigenvalue weighted by atomic mass is 9.89. The van der Waals surface area contributed by atoms with Crippen molar-refractivity contribution in [1.29, 1.82) is 0 Å². The SMILES string of the molecule is CC(=C=S)C(C)(C)C. The van der Waals surface area contributed by atoms with E-state index in [0.717, 1.165) is 5.57 Å². The zero-order valence-electron chi connectivity index (χ0n) is 5.91. The summed E-state index contributed by atoms with van der Waals surface area (Å²) in [6.07, 6.45) is 0. The Balaban J connectivity index is 4.26. The van der Waals surface area contributed by atoms with E-state index in [1.54, 1.807) is 0 Å². The quantitative estimate of drug-likeness (QED) is 0.452. The Hall–Kier alpha value is -0.130. The van der Waals surface area contributed by atoms with E-state index in [1.165, 1.54) is 0 Å². The number of hydrogen-bond acceptors (Lipinski definition) is 1. The Morgan fingerprint density at radius 1 is 1.38 bits per heavy atom. The molecule has 0 amide bonds. The lowest BCUT2D eigenvalue weighted by Crippen LogP contribution is -2.06. The Labute approximate surface area is 56.6 Å². The fourth-order valence-electron chi connectivity index (χ4n) is 0.153. The van der Waals surface area contributed by atoms with Gasteiger partial charge in [-0.1, -0.05) is 20.8 Å². The monoisotopic (exact) mass is 128 g/mol. The maximum atomic E-state index is 4.64. The zero-order chi connectivity index (χ0) is 6.78. The lowest BCUT2D eigenvalue weighted by molar-refractivity contribution is 0.511. The van der Waals surface area contributed by atoms with Crippen LogP contribution in [0.2, 0.25) is 0 Å². The van der Waals surface area contributed by atoms with Crippen LogP contribution in [-0.4, -0.2) is 5.02 Å². The first-order chi connectivity index (χ1) is 3.48. The molecule has 0 saturated carbocycles. The van der Waals surface area contributed by atoms with E-state index in [1.807, 2.05) is 6.92 Å². The molecular formula is C7H12S. The average molecular weight is 128 g/mol. The van der Waals surface area contributed by atoms with Gasteiger partial charge in [-0.05, 0) is 35.2 Å². The highest BCUT2D eigenvalue weighted by Crippen LogP contribution is 2.21. The molecule has 0 aliphatic heterocycles. The second kappa shape index (κ2) is 2.43. The molecule has 0 aromatic carbocycles. The van der Waals surface area contributed by atoms with Crippen molar-refractivity contribution in [3.05, 3.63) is 5.57 Å². The minimum absolute atomic E-state index is 0.210. The van der Waals surface area contributed by atoms with Gasteiger partial charge < -0.3 is 0 Å². The van der Waals surface area contributed by atoms with Crippen LogP contribution in [0.1, 0.15) is 27.7 Å². The summed E-state index contributed by atoms with van der Waals surface area (Å²) >= 11 is 4.64. The average Bonchev–Trinajstić information content (AvgIpc) is 1.62. The Morgan fingerprint density at radius 2 is 1.75 bits per heavy atom. The Kier molecular flexibility index (Phi) is 2.39. The van der Waals surface area contributed by atoms with Crippen molar-refractivity contribution in [2.45, 2.75) is 27.7 Å². The molecule has 0 radical (unpaired) electrons. The van der Waals surface area contributed by atoms with E-state index in [2.05, 4.69) is 38.0 Å². The van der Waals surface area contributed by atoms with Crippen LogP contribution in [0.5, 0.6) is 0 Å². The number of allylic oxidation sites excluding steroid dienone is 1. The molecule has 0 nitrogen and oxygen atoms in total. The van der Waals surface area contributed by atoms with Crippen LogP contribution >= 0.6 is 12.2 Å². The van der Waals surface area contributed by atoms with Crippen molar-refractivity contribution >= 4 is 17.2 Å². The van der Waals surface area contributed by atoms with Gasteiger partial charge in [0.05, 0.1) is 0 Å². The van der Waals surface area contributed by atoms with Crippen molar-refractivity contribution in [2.75, 3.05) is 0 Å². The van der Waals surface area contributed by atoms with Crippen molar-refractivity contribution in [3.8, 4) is 0 Å². The molecule has 0 unspecified atom stereocenters. The molecule has 0 fully saturated rings. The van der Waals surface area contributed by atoms with Gasteiger partial charge in [0.1, 0.15) is 0 Å². The number of rotatable bonds is 0. The van der Waals surface area contributed by atoms with Crippen LogP contribution in [0, 0.1) is 5.41 Å². The van der Waals surface area contributed by atoms with Crippen LogP contribution in [-0.2, 0) is 0 Å². The second-order valence-electron chi connectivity index (χ2n) is 2.98. The maximum absolute atomic E-state index is 4.64. The summed E-state index contributed by atoms with van der Waals surface area (Å²) < 4.78 is 0. The minimum atomic E-state index is 0.210. The fraction of sp³-hybridized carbons (Fsp3) is 0.714. The van der Waals surface area contributed by atoms with Crippen molar-refractivity contribution < 1.29 is 0 Å². The van der Waals surface area contributed by atoms with E-state index < -0.39 is 0 Å². The van der Waals surface area contributed by atoms with Gasteiger partial charge in [-0.3, -0.25) is 0 Å².